The van der Waals surface area contributed by atoms with E-state index >= 15 is 0 Å². The number of ether oxygens (including phenoxy) is 1. The second kappa shape index (κ2) is 3.37. The topological polar surface area (TPSA) is 26.3 Å². The van der Waals surface area contributed by atoms with Gasteiger partial charge in [0.2, 0.25) is 0 Å². The van der Waals surface area contributed by atoms with Gasteiger partial charge in [-0.1, -0.05) is 24.3 Å². The first-order valence-corrected chi connectivity index (χ1v) is 5.62. The molecular weight excluding hydrogens is 188 g/mol. The van der Waals surface area contributed by atoms with E-state index in [0.29, 0.717) is 12.3 Å². The fourth-order valence-corrected chi connectivity index (χ4v) is 2.74. The van der Waals surface area contributed by atoms with E-state index in [0.717, 1.165) is 19.3 Å². The molecule has 2 aliphatic rings. The lowest BCUT2D eigenvalue weighted by atomic mass is 9.78. The van der Waals surface area contributed by atoms with Crippen LogP contribution in [-0.2, 0) is 16.0 Å². The maximum atomic E-state index is 11.3. The summed E-state index contributed by atoms with van der Waals surface area (Å²) in [5, 5.41) is 0. The Bertz CT molecular complexity index is 397. The highest BCUT2D eigenvalue weighted by atomic mass is 16.5. The standard InChI is InChI=1S/C13H14O2/c14-12-8-7-10-6-5-9-3-1-2-4-11(9)13(10)15-12/h1-4,10,13H,5-8H2/t10-,13+/m1/s1. The summed E-state index contributed by atoms with van der Waals surface area (Å²) in [5.41, 5.74) is 2.59. The van der Waals surface area contributed by atoms with Crippen molar-refractivity contribution < 1.29 is 9.53 Å². The van der Waals surface area contributed by atoms with Crippen LogP contribution in [0.4, 0.5) is 0 Å². The second-order valence-electron chi connectivity index (χ2n) is 4.45. The van der Waals surface area contributed by atoms with Crippen LogP contribution in [0.2, 0.25) is 0 Å². The number of rotatable bonds is 0. The van der Waals surface area contributed by atoms with Gasteiger partial charge < -0.3 is 4.74 Å². The second-order valence-corrected chi connectivity index (χ2v) is 4.45. The molecule has 1 saturated heterocycles. The van der Waals surface area contributed by atoms with E-state index in [1.165, 1.54) is 11.1 Å². The summed E-state index contributed by atoms with van der Waals surface area (Å²) in [5.74, 6) is 0.519. The predicted molar refractivity (Wildman–Crippen MR) is 56.3 cm³/mol. The molecule has 2 atom stereocenters. The van der Waals surface area contributed by atoms with Crippen LogP contribution in [0, 0.1) is 5.92 Å². The summed E-state index contributed by atoms with van der Waals surface area (Å²) in [6, 6.07) is 8.34. The molecule has 0 saturated carbocycles. The van der Waals surface area contributed by atoms with Crippen LogP contribution in [0.15, 0.2) is 24.3 Å². The fraction of sp³-hybridized carbons (Fsp3) is 0.462. The molecule has 0 amide bonds. The molecule has 1 aliphatic heterocycles. The van der Waals surface area contributed by atoms with E-state index in [1.807, 2.05) is 6.07 Å². The Balaban J connectivity index is 2.00. The zero-order valence-electron chi connectivity index (χ0n) is 8.61. The van der Waals surface area contributed by atoms with Gasteiger partial charge in [0.15, 0.2) is 0 Å². The maximum absolute atomic E-state index is 11.3. The average molecular weight is 202 g/mol. The Morgan fingerprint density at radius 3 is 2.87 bits per heavy atom. The van der Waals surface area contributed by atoms with Crippen LogP contribution in [0.3, 0.4) is 0 Å². The molecule has 1 heterocycles. The van der Waals surface area contributed by atoms with Crippen molar-refractivity contribution in [3.8, 4) is 0 Å². The summed E-state index contributed by atoms with van der Waals surface area (Å²) >= 11 is 0. The third kappa shape index (κ3) is 1.44. The molecular formula is C13H14O2. The van der Waals surface area contributed by atoms with E-state index in [4.69, 9.17) is 4.74 Å². The first-order chi connectivity index (χ1) is 7.34. The van der Waals surface area contributed by atoms with Gasteiger partial charge >= 0.3 is 5.97 Å². The van der Waals surface area contributed by atoms with Gasteiger partial charge in [0.25, 0.3) is 0 Å². The van der Waals surface area contributed by atoms with Crippen LogP contribution < -0.4 is 0 Å². The van der Waals surface area contributed by atoms with Crippen molar-refractivity contribution >= 4 is 5.97 Å². The van der Waals surface area contributed by atoms with Crippen LogP contribution in [0.5, 0.6) is 0 Å². The number of esters is 1. The minimum atomic E-state index is -0.0343. The fourth-order valence-electron chi connectivity index (χ4n) is 2.74. The molecule has 0 aromatic heterocycles. The monoisotopic (exact) mass is 202 g/mol. The van der Waals surface area contributed by atoms with Gasteiger partial charge in [-0.05, 0) is 30.4 Å². The molecule has 0 bridgehead atoms. The molecule has 78 valence electrons. The van der Waals surface area contributed by atoms with Crippen molar-refractivity contribution in [1.29, 1.82) is 0 Å². The third-order valence-corrected chi connectivity index (χ3v) is 3.55. The lowest BCUT2D eigenvalue weighted by Crippen LogP contribution is -2.30. The molecule has 2 heteroatoms. The third-order valence-electron chi connectivity index (χ3n) is 3.55. The van der Waals surface area contributed by atoms with Crippen LogP contribution in [-0.4, -0.2) is 5.97 Å². The summed E-state index contributed by atoms with van der Waals surface area (Å²) in [6.07, 6.45) is 3.93. The molecule has 1 aromatic carbocycles. The van der Waals surface area contributed by atoms with Gasteiger partial charge in [-0.15, -0.1) is 0 Å². The van der Waals surface area contributed by atoms with Crippen LogP contribution in [0.1, 0.15) is 36.5 Å². The molecule has 0 unspecified atom stereocenters. The van der Waals surface area contributed by atoms with Crippen molar-refractivity contribution in [3.05, 3.63) is 35.4 Å². The Morgan fingerprint density at radius 2 is 1.93 bits per heavy atom. The molecule has 2 nitrogen and oxygen atoms in total. The molecule has 1 aliphatic carbocycles. The highest BCUT2D eigenvalue weighted by Crippen LogP contribution is 2.42. The molecule has 0 radical (unpaired) electrons. The Morgan fingerprint density at radius 1 is 1.13 bits per heavy atom. The van der Waals surface area contributed by atoms with E-state index in [1.54, 1.807) is 0 Å². The maximum Gasteiger partial charge on any atom is 0.306 e. The van der Waals surface area contributed by atoms with Crippen molar-refractivity contribution in [2.45, 2.75) is 31.8 Å². The van der Waals surface area contributed by atoms with Crippen LogP contribution >= 0.6 is 0 Å². The average Bonchev–Trinajstić information content (AvgIpc) is 2.29. The van der Waals surface area contributed by atoms with Gasteiger partial charge in [-0.25, -0.2) is 0 Å². The summed E-state index contributed by atoms with van der Waals surface area (Å²) in [6.45, 7) is 0. The summed E-state index contributed by atoms with van der Waals surface area (Å²) in [7, 11) is 0. The van der Waals surface area contributed by atoms with Crippen LogP contribution in [0.25, 0.3) is 0 Å². The number of carbonyl (C=O) groups excluding carboxylic acids is 1. The molecule has 3 rings (SSSR count). The van der Waals surface area contributed by atoms with Crippen molar-refractivity contribution in [3.63, 3.8) is 0 Å². The van der Waals surface area contributed by atoms with E-state index < -0.39 is 0 Å². The number of hydrogen-bond acceptors (Lipinski definition) is 2. The highest BCUT2D eigenvalue weighted by Gasteiger charge is 2.35. The van der Waals surface area contributed by atoms with Gasteiger partial charge in [-0.3, -0.25) is 4.79 Å². The molecule has 1 fully saturated rings. The van der Waals surface area contributed by atoms with Gasteiger partial charge in [0.1, 0.15) is 6.10 Å². The van der Waals surface area contributed by atoms with E-state index in [-0.39, 0.29) is 12.1 Å². The summed E-state index contributed by atoms with van der Waals surface area (Å²) in [4.78, 5) is 11.3. The number of aryl methyl sites for hydroxylation is 1. The zero-order valence-corrected chi connectivity index (χ0v) is 8.61. The SMILES string of the molecule is O=C1CC[C@H]2CCc3ccccc3[C@H]2O1. The van der Waals surface area contributed by atoms with E-state index in [9.17, 15) is 4.79 Å². The zero-order chi connectivity index (χ0) is 10.3. The largest absolute Gasteiger partial charge is 0.457 e. The predicted octanol–water partition coefficient (Wildman–Crippen LogP) is 2.63. The molecule has 0 N–H and O–H groups in total. The normalized spacial score (nSPS) is 28.9. The number of benzene rings is 1. The Labute approximate surface area is 89.2 Å². The summed E-state index contributed by atoms with van der Waals surface area (Å²) < 4.78 is 5.48. The first kappa shape index (κ1) is 8.96. The first-order valence-electron chi connectivity index (χ1n) is 5.62. The Hall–Kier alpha value is -1.31. The minimum Gasteiger partial charge on any atom is -0.457 e. The number of carbonyl (C=O) groups is 1. The quantitative estimate of drug-likeness (QED) is 0.604. The molecule has 15 heavy (non-hydrogen) atoms. The van der Waals surface area contributed by atoms with Gasteiger partial charge in [0, 0.05) is 12.3 Å². The van der Waals surface area contributed by atoms with Gasteiger partial charge in [-0.2, -0.15) is 0 Å². The molecule has 0 spiro atoms. The van der Waals surface area contributed by atoms with Crippen molar-refractivity contribution in [1.82, 2.24) is 0 Å². The van der Waals surface area contributed by atoms with Crippen molar-refractivity contribution in [2.75, 3.05) is 0 Å². The smallest absolute Gasteiger partial charge is 0.306 e. The Kier molecular flexibility index (Phi) is 2.01. The highest BCUT2D eigenvalue weighted by molar-refractivity contribution is 5.70. The van der Waals surface area contributed by atoms with E-state index in [2.05, 4.69) is 18.2 Å². The van der Waals surface area contributed by atoms with Gasteiger partial charge in [0.05, 0.1) is 0 Å². The minimum absolute atomic E-state index is 0.0343. The lowest BCUT2D eigenvalue weighted by Gasteiger charge is -2.36. The number of fused-ring (bicyclic) bond motifs is 3. The lowest BCUT2D eigenvalue weighted by molar-refractivity contribution is -0.159. The van der Waals surface area contributed by atoms with Crippen molar-refractivity contribution in [2.24, 2.45) is 5.92 Å². The number of hydrogen-bond donors (Lipinski definition) is 0. The molecule has 1 aromatic rings.